The summed E-state index contributed by atoms with van der Waals surface area (Å²) in [5.41, 5.74) is 2.10. The zero-order valence-electron chi connectivity index (χ0n) is 12.2. The van der Waals surface area contributed by atoms with Crippen LogP contribution in [-0.4, -0.2) is 56.0 Å². The summed E-state index contributed by atoms with van der Waals surface area (Å²) in [7, 11) is -0.733. The van der Waals surface area contributed by atoms with Crippen molar-refractivity contribution < 1.29 is 8.42 Å². The van der Waals surface area contributed by atoms with Gasteiger partial charge in [0.1, 0.15) is 0 Å². The molecule has 6 heteroatoms. The first-order valence-electron chi connectivity index (χ1n) is 6.99. The van der Waals surface area contributed by atoms with Crippen LogP contribution in [0.25, 0.3) is 0 Å². The number of hydrogen-bond donors (Lipinski definition) is 1. The van der Waals surface area contributed by atoms with E-state index in [9.17, 15) is 8.42 Å². The van der Waals surface area contributed by atoms with Crippen LogP contribution in [0.4, 0.5) is 0 Å². The van der Waals surface area contributed by atoms with Crippen molar-refractivity contribution in [2.45, 2.75) is 25.9 Å². The van der Waals surface area contributed by atoms with Gasteiger partial charge in [0.25, 0.3) is 0 Å². The van der Waals surface area contributed by atoms with Gasteiger partial charge in [0.05, 0.1) is 17.2 Å². The van der Waals surface area contributed by atoms with E-state index in [2.05, 4.69) is 22.2 Å². The lowest BCUT2D eigenvalue weighted by atomic mass is 10.2. The van der Waals surface area contributed by atoms with E-state index in [1.54, 1.807) is 0 Å². The Bertz CT molecular complexity index is 545. The van der Waals surface area contributed by atoms with E-state index in [0.717, 1.165) is 37.4 Å². The van der Waals surface area contributed by atoms with Gasteiger partial charge in [-0.15, -0.1) is 0 Å². The zero-order chi connectivity index (χ0) is 14.6. The molecular weight excluding hydrogens is 274 g/mol. The third kappa shape index (κ3) is 4.85. The lowest BCUT2D eigenvalue weighted by molar-refractivity contribution is 0.315. The van der Waals surface area contributed by atoms with E-state index in [1.807, 2.05) is 25.1 Å². The Balaban J connectivity index is 1.69. The van der Waals surface area contributed by atoms with Gasteiger partial charge in [-0.3, -0.25) is 9.88 Å². The smallest absolute Gasteiger partial charge is 0.151 e. The Morgan fingerprint density at radius 3 is 2.90 bits per heavy atom. The number of pyridine rings is 1. The van der Waals surface area contributed by atoms with Crippen LogP contribution < -0.4 is 5.32 Å². The number of hydrogen-bond acceptors (Lipinski definition) is 5. The first-order chi connectivity index (χ1) is 9.44. The molecule has 20 heavy (non-hydrogen) atoms. The van der Waals surface area contributed by atoms with Gasteiger partial charge in [0.15, 0.2) is 9.84 Å². The highest BCUT2D eigenvalue weighted by atomic mass is 32.2. The van der Waals surface area contributed by atoms with Gasteiger partial charge in [0.2, 0.25) is 0 Å². The summed E-state index contributed by atoms with van der Waals surface area (Å²) >= 11 is 0. The lowest BCUT2D eigenvalue weighted by Crippen LogP contribution is -2.36. The van der Waals surface area contributed by atoms with Crippen molar-refractivity contribution in [2.75, 3.05) is 31.6 Å². The van der Waals surface area contributed by atoms with Crippen molar-refractivity contribution >= 4 is 9.84 Å². The molecule has 1 saturated heterocycles. The fourth-order valence-corrected chi connectivity index (χ4v) is 4.17. The molecule has 1 unspecified atom stereocenters. The number of aryl methyl sites for hydroxylation is 1. The van der Waals surface area contributed by atoms with Crippen LogP contribution in [0.5, 0.6) is 0 Å². The van der Waals surface area contributed by atoms with Gasteiger partial charge < -0.3 is 5.32 Å². The molecule has 1 aliphatic heterocycles. The summed E-state index contributed by atoms with van der Waals surface area (Å²) in [5, 5.41) is 3.32. The van der Waals surface area contributed by atoms with Crippen molar-refractivity contribution in [1.82, 2.24) is 15.2 Å². The zero-order valence-corrected chi connectivity index (χ0v) is 13.0. The van der Waals surface area contributed by atoms with E-state index >= 15 is 0 Å². The highest BCUT2D eigenvalue weighted by Gasteiger charge is 2.27. The molecule has 2 heterocycles. The van der Waals surface area contributed by atoms with Gasteiger partial charge in [-0.1, -0.05) is 6.07 Å². The van der Waals surface area contributed by atoms with Crippen LogP contribution in [0, 0.1) is 6.92 Å². The van der Waals surface area contributed by atoms with Crippen molar-refractivity contribution in [3.8, 4) is 0 Å². The normalized spacial score (nSPS) is 21.4. The Hall–Kier alpha value is -0.980. The summed E-state index contributed by atoms with van der Waals surface area (Å²) < 4.78 is 22.7. The number of likely N-dealkylation sites (N-methyl/N-ethyl adjacent to an activating group) is 1. The van der Waals surface area contributed by atoms with Crippen molar-refractivity contribution in [3.63, 3.8) is 0 Å². The maximum atomic E-state index is 11.4. The summed E-state index contributed by atoms with van der Waals surface area (Å²) in [6, 6.07) is 6.17. The number of nitrogens with zero attached hydrogens (tertiary/aromatic N) is 2. The summed E-state index contributed by atoms with van der Waals surface area (Å²) in [6.45, 7) is 4.49. The summed E-state index contributed by atoms with van der Waals surface area (Å²) in [4.78, 5) is 6.67. The van der Waals surface area contributed by atoms with E-state index in [-0.39, 0.29) is 11.8 Å². The average Bonchev–Trinajstić information content (AvgIpc) is 2.69. The summed E-state index contributed by atoms with van der Waals surface area (Å²) in [5.74, 6) is 0.615. The van der Waals surface area contributed by atoms with Gasteiger partial charge in [-0.05, 0) is 32.5 Å². The van der Waals surface area contributed by atoms with E-state index in [1.165, 1.54) is 0 Å². The molecule has 0 aliphatic carbocycles. The molecule has 2 rings (SSSR count). The third-order valence-electron chi connectivity index (χ3n) is 3.54. The molecule has 1 atom stereocenters. The highest BCUT2D eigenvalue weighted by Crippen LogP contribution is 2.10. The third-order valence-corrected chi connectivity index (χ3v) is 5.30. The largest absolute Gasteiger partial charge is 0.312 e. The Labute approximate surface area is 121 Å². The molecule has 1 N–H and O–H groups in total. The molecular formula is C14H23N3O2S. The van der Waals surface area contributed by atoms with Crippen molar-refractivity contribution in [1.29, 1.82) is 0 Å². The van der Waals surface area contributed by atoms with Gasteiger partial charge in [-0.25, -0.2) is 8.42 Å². The monoisotopic (exact) mass is 297 g/mol. The Morgan fingerprint density at radius 1 is 1.45 bits per heavy atom. The number of rotatable bonds is 6. The fraction of sp³-hybridized carbons (Fsp3) is 0.643. The molecule has 1 aromatic rings. The minimum atomic E-state index is -2.79. The maximum Gasteiger partial charge on any atom is 0.151 e. The SMILES string of the molecule is Cc1cccc(CN(C)CCNC2CCS(=O)(=O)C2)n1. The first kappa shape index (κ1) is 15.4. The average molecular weight is 297 g/mol. The molecule has 112 valence electrons. The molecule has 0 amide bonds. The lowest BCUT2D eigenvalue weighted by Gasteiger charge is -2.18. The molecule has 1 fully saturated rings. The van der Waals surface area contributed by atoms with Crippen LogP contribution in [0.2, 0.25) is 0 Å². The highest BCUT2D eigenvalue weighted by molar-refractivity contribution is 7.91. The molecule has 0 radical (unpaired) electrons. The quantitative estimate of drug-likeness (QED) is 0.833. The Kier molecular flexibility index (Phi) is 5.12. The molecule has 0 bridgehead atoms. The van der Waals surface area contributed by atoms with Gasteiger partial charge >= 0.3 is 0 Å². The topological polar surface area (TPSA) is 62.3 Å². The van der Waals surface area contributed by atoms with Crippen molar-refractivity contribution in [2.24, 2.45) is 0 Å². The first-order valence-corrected chi connectivity index (χ1v) is 8.82. The predicted octanol–water partition coefficient (Wildman–Crippen LogP) is 0.599. The minimum absolute atomic E-state index is 0.130. The van der Waals surface area contributed by atoms with Crippen LogP contribution in [0.1, 0.15) is 17.8 Å². The van der Waals surface area contributed by atoms with E-state index in [4.69, 9.17) is 0 Å². The summed E-state index contributed by atoms with van der Waals surface area (Å²) in [6.07, 6.45) is 0.742. The second-order valence-electron chi connectivity index (χ2n) is 5.56. The van der Waals surface area contributed by atoms with Crippen LogP contribution in [0.15, 0.2) is 18.2 Å². The van der Waals surface area contributed by atoms with Crippen LogP contribution >= 0.6 is 0 Å². The molecule has 0 saturated carbocycles. The molecule has 1 aromatic heterocycles. The predicted molar refractivity (Wildman–Crippen MR) is 80.4 cm³/mol. The van der Waals surface area contributed by atoms with Crippen LogP contribution in [0.3, 0.4) is 0 Å². The Morgan fingerprint density at radius 2 is 2.25 bits per heavy atom. The molecule has 5 nitrogen and oxygen atoms in total. The standard InChI is InChI=1S/C14H23N3O2S/c1-12-4-3-5-13(16-12)10-17(2)8-7-15-14-6-9-20(18,19)11-14/h3-5,14-15H,6-11H2,1-2H3. The number of nitrogens with one attached hydrogen (secondary N) is 1. The number of aromatic nitrogens is 1. The fourth-order valence-electron chi connectivity index (χ4n) is 2.46. The molecule has 0 spiro atoms. The van der Waals surface area contributed by atoms with Gasteiger partial charge in [-0.2, -0.15) is 0 Å². The van der Waals surface area contributed by atoms with Gasteiger partial charge in [0, 0.05) is 31.4 Å². The maximum absolute atomic E-state index is 11.4. The second kappa shape index (κ2) is 6.65. The molecule has 0 aromatic carbocycles. The minimum Gasteiger partial charge on any atom is -0.312 e. The van der Waals surface area contributed by atoms with Crippen LogP contribution in [-0.2, 0) is 16.4 Å². The van der Waals surface area contributed by atoms with Crippen molar-refractivity contribution in [3.05, 3.63) is 29.6 Å². The van der Waals surface area contributed by atoms with E-state index in [0.29, 0.717) is 5.75 Å². The second-order valence-corrected chi connectivity index (χ2v) is 7.79. The molecule has 1 aliphatic rings. The number of sulfone groups is 1. The van der Waals surface area contributed by atoms with E-state index < -0.39 is 9.84 Å².